The number of aryl methyl sites for hydroxylation is 1. The van der Waals surface area contributed by atoms with E-state index in [1.807, 2.05) is 18.2 Å². The zero-order valence-corrected chi connectivity index (χ0v) is 33.4. The average molecular weight is 773 g/mol. The molecule has 1 aromatic carbocycles. The monoisotopic (exact) mass is 772 g/mol. The van der Waals surface area contributed by atoms with Crippen LogP contribution in [0.25, 0.3) is 5.52 Å². The fourth-order valence-corrected chi connectivity index (χ4v) is 8.87. The van der Waals surface area contributed by atoms with Gasteiger partial charge in [-0.3, -0.25) is 9.05 Å². The summed E-state index contributed by atoms with van der Waals surface area (Å²) in [6.45, 7) is 4.85. The second-order valence-electron chi connectivity index (χ2n) is 15.7. The molecule has 2 aliphatic rings. The quantitative estimate of drug-likeness (QED) is 0.0416. The lowest BCUT2D eigenvalue weighted by molar-refractivity contribution is -0.126. The Morgan fingerprint density at radius 3 is 2.11 bits per heavy atom. The van der Waals surface area contributed by atoms with E-state index in [9.17, 15) is 19.7 Å². The first kappa shape index (κ1) is 42.7. The normalized spacial score (nSPS) is 25.2. The van der Waals surface area contributed by atoms with Crippen LogP contribution in [0.5, 0.6) is 0 Å². The minimum absolute atomic E-state index is 0.0617. The number of phosphoric ester groups is 1. The summed E-state index contributed by atoms with van der Waals surface area (Å²) in [4.78, 5) is 14.7. The van der Waals surface area contributed by atoms with Gasteiger partial charge in [0.25, 0.3) is 0 Å². The fraction of sp³-hybridized carbons (Fsp3) is 0.707. The average Bonchev–Trinajstić information content (AvgIpc) is 3.41. The Labute approximate surface area is 321 Å². The van der Waals surface area contributed by atoms with Crippen molar-refractivity contribution in [3.63, 3.8) is 0 Å². The Morgan fingerprint density at radius 1 is 0.907 bits per heavy atom. The minimum atomic E-state index is -4.63. The predicted octanol–water partition coefficient (Wildman–Crippen LogP) is 8.06. The second kappa shape index (κ2) is 20.7. The molecule has 2 fully saturated rings. The van der Waals surface area contributed by atoms with Crippen LogP contribution in [0.15, 0.2) is 48.8 Å². The molecule has 0 bridgehead atoms. The van der Waals surface area contributed by atoms with Crippen molar-refractivity contribution in [1.82, 2.24) is 14.6 Å². The number of nitrogens with zero attached hydrogens (tertiary/aromatic N) is 3. The first-order valence-electron chi connectivity index (χ1n) is 20.5. The lowest BCUT2D eigenvalue weighted by atomic mass is 9.91. The van der Waals surface area contributed by atoms with E-state index in [0.29, 0.717) is 30.8 Å². The van der Waals surface area contributed by atoms with Gasteiger partial charge in [0.05, 0.1) is 18.9 Å². The van der Waals surface area contributed by atoms with E-state index in [2.05, 4.69) is 29.1 Å². The van der Waals surface area contributed by atoms with E-state index in [1.54, 1.807) is 19.1 Å². The third-order valence-corrected chi connectivity index (χ3v) is 12.3. The Kier molecular flexibility index (Phi) is 16.4. The maximum atomic E-state index is 13.2. The standard InChI is InChI=1S/C41H65N4O8P/c1-3-4-5-6-7-8-9-10-11-12-13-14-15-16-17-21-28-50-29-33(25-24-32-22-19-18-20-23-32)30-51-54(48,49)53-37-36-41(37,47)39(46)40(2,52-36)35-27-26-34-38(42)43-31-44-45(34)35/h18-20,22-23,26-27,31,33,36-37,39,46-47H,3-17,21,24-25,28-30H2,1-2H3,(H,48,49)(H2,42,43,44)/t33-,36-,37?,39+,40+,41+/m1/s1. The van der Waals surface area contributed by atoms with Crippen LogP contribution in [0.3, 0.4) is 0 Å². The van der Waals surface area contributed by atoms with Gasteiger partial charge in [-0.1, -0.05) is 134 Å². The van der Waals surface area contributed by atoms with Crippen molar-refractivity contribution >= 4 is 19.2 Å². The number of benzene rings is 1. The molecule has 13 heteroatoms. The molecule has 1 saturated heterocycles. The minimum Gasteiger partial charge on any atom is -0.386 e. The number of fused-ring (bicyclic) bond motifs is 2. The SMILES string of the molecule is CCCCCCCCCCCCCCCCCCOC[C@@H](CCc1ccccc1)COP(=O)(O)OC1[C@H]2O[C@@](C)(c3ccc4c(N)ncnn34)[C@H](O)[C@@]12O. The van der Waals surface area contributed by atoms with Crippen molar-refractivity contribution in [3.05, 3.63) is 60.0 Å². The number of nitrogen functional groups attached to an aromatic ring is 1. The third-order valence-electron chi connectivity index (χ3n) is 11.3. The number of nitrogens with two attached hydrogens (primary N) is 1. The lowest BCUT2D eigenvalue weighted by Gasteiger charge is -2.32. The highest BCUT2D eigenvalue weighted by molar-refractivity contribution is 7.47. The maximum absolute atomic E-state index is 13.2. The number of aromatic nitrogens is 3. The van der Waals surface area contributed by atoms with E-state index in [4.69, 9.17) is 24.3 Å². The molecule has 5 rings (SSSR count). The van der Waals surface area contributed by atoms with Gasteiger partial charge >= 0.3 is 7.82 Å². The molecule has 0 spiro atoms. The van der Waals surface area contributed by atoms with Crippen molar-refractivity contribution in [1.29, 1.82) is 0 Å². The van der Waals surface area contributed by atoms with Crippen LogP contribution in [0.1, 0.15) is 134 Å². The van der Waals surface area contributed by atoms with Crippen molar-refractivity contribution in [2.45, 2.75) is 159 Å². The molecule has 3 aromatic rings. The maximum Gasteiger partial charge on any atom is 0.472 e. The van der Waals surface area contributed by atoms with Crippen molar-refractivity contribution < 1.29 is 38.2 Å². The van der Waals surface area contributed by atoms with Crippen molar-refractivity contribution in [2.24, 2.45) is 5.92 Å². The van der Waals surface area contributed by atoms with Gasteiger partial charge in [-0.05, 0) is 43.9 Å². The second-order valence-corrected chi connectivity index (χ2v) is 17.1. The molecule has 7 atom stereocenters. The summed E-state index contributed by atoms with van der Waals surface area (Å²) in [7, 11) is -4.63. The van der Waals surface area contributed by atoms with Gasteiger partial charge in [-0.2, -0.15) is 5.10 Å². The smallest absolute Gasteiger partial charge is 0.386 e. The number of anilines is 1. The summed E-state index contributed by atoms with van der Waals surface area (Å²) in [5.74, 6) is 0.0998. The number of unbranched alkanes of at least 4 members (excludes halogenated alkanes) is 15. The van der Waals surface area contributed by atoms with Gasteiger partial charge in [0.15, 0.2) is 11.4 Å². The molecule has 2 aromatic heterocycles. The summed E-state index contributed by atoms with van der Waals surface area (Å²) < 4.78 is 37.7. The Hall–Kier alpha value is -2.41. The number of aliphatic hydroxyl groups excluding tert-OH is 1. The van der Waals surface area contributed by atoms with E-state index in [-0.39, 0.29) is 18.3 Å². The van der Waals surface area contributed by atoms with Crippen molar-refractivity contribution in [3.8, 4) is 0 Å². The molecule has 302 valence electrons. The topological polar surface area (TPSA) is 171 Å². The van der Waals surface area contributed by atoms with Crippen molar-refractivity contribution in [2.75, 3.05) is 25.6 Å². The highest BCUT2D eigenvalue weighted by Gasteiger charge is 2.82. The number of rotatable bonds is 28. The highest BCUT2D eigenvalue weighted by Crippen LogP contribution is 2.63. The Bertz CT molecular complexity index is 1600. The molecule has 54 heavy (non-hydrogen) atoms. The summed E-state index contributed by atoms with van der Waals surface area (Å²) in [6, 6.07) is 13.4. The Balaban J connectivity index is 0.989. The van der Waals surface area contributed by atoms with Crippen LogP contribution in [0.2, 0.25) is 0 Å². The molecule has 1 aliphatic heterocycles. The van der Waals surface area contributed by atoms with Gasteiger partial charge in [-0.25, -0.2) is 14.1 Å². The van der Waals surface area contributed by atoms with Crippen LogP contribution >= 0.6 is 7.82 Å². The zero-order chi connectivity index (χ0) is 38.4. The molecule has 1 saturated carbocycles. The number of aliphatic hydroxyl groups is 2. The van der Waals surface area contributed by atoms with Crippen LogP contribution in [0.4, 0.5) is 5.82 Å². The summed E-state index contributed by atoms with van der Waals surface area (Å²) >= 11 is 0. The van der Waals surface area contributed by atoms with E-state index in [1.165, 1.54) is 101 Å². The van der Waals surface area contributed by atoms with E-state index < -0.39 is 37.3 Å². The summed E-state index contributed by atoms with van der Waals surface area (Å²) in [6.07, 6.45) is 20.0. The van der Waals surface area contributed by atoms with Gasteiger partial charge in [0, 0.05) is 12.5 Å². The van der Waals surface area contributed by atoms with Crippen LogP contribution in [-0.2, 0) is 35.1 Å². The fourth-order valence-electron chi connectivity index (χ4n) is 7.84. The molecule has 12 nitrogen and oxygen atoms in total. The number of ether oxygens (including phenoxy) is 2. The van der Waals surface area contributed by atoms with Gasteiger partial charge < -0.3 is 30.3 Å². The largest absolute Gasteiger partial charge is 0.472 e. The summed E-state index contributed by atoms with van der Waals surface area (Å²) in [5.41, 5.74) is 4.79. The number of hydrogen-bond acceptors (Lipinski definition) is 10. The molecule has 1 aliphatic carbocycles. The first-order chi connectivity index (χ1) is 26.1. The van der Waals surface area contributed by atoms with Crippen LogP contribution < -0.4 is 5.73 Å². The van der Waals surface area contributed by atoms with Gasteiger partial charge in [0.1, 0.15) is 35.8 Å². The zero-order valence-electron chi connectivity index (χ0n) is 32.5. The van der Waals surface area contributed by atoms with Crippen LogP contribution in [0, 0.1) is 5.92 Å². The molecule has 5 N–H and O–H groups in total. The van der Waals surface area contributed by atoms with Gasteiger partial charge in [-0.15, -0.1) is 0 Å². The molecule has 0 radical (unpaired) electrons. The predicted molar refractivity (Wildman–Crippen MR) is 210 cm³/mol. The number of hydrogen-bond donors (Lipinski definition) is 4. The molecular weight excluding hydrogens is 707 g/mol. The van der Waals surface area contributed by atoms with Crippen LogP contribution in [-0.4, -0.2) is 73.4 Å². The van der Waals surface area contributed by atoms with E-state index >= 15 is 0 Å². The first-order valence-corrected chi connectivity index (χ1v) is 22.0. The number of phosphoric acid groups is 1. The molecule has 0 amide bonds. The summed E-state index contributed by atoms with van der Waals surface area (Å²) in [5, 5.41) is 26.9. The lowest BCUT2D eigenvalue weighted by Crippen LogP contribution is -2.46. The molecule has 3 heterocycles. The molecule has 2 unspecified atom stereocenters. The van der Waals surface area contributed by atoms with Gasteiger partial charge in [0.2, 0.25) is 0 Å². The molecular formula is C41H65N4O8P. The van der Waals surface area contributed by atoms with E-state index in [0.717, 1.165) is 24.8 Å². The Morgan fingerprint density at radius 2 is 1.52 bits per heavy atom. The highest BCUT2D eigenvalue weighted by atomic mass is 31.2. The third kappa shape index (κ3) is 11.3.